The number of fused-ring (bicyclic) bond motifs is 1. The van der Waals surface area contributed by atoms with Crippen molar-refractivity contribution in [2.24, 2.45) is 0 Å². The normalized spacial score (nSPS) is 14.6. The highest BCUT2D eigenvalue weighted by Gasteiger charge is 2.19. The molecule has 0 bridgehead atoms. The van der Waals surface area contributed by atoms with Crippen LogP contribution in [0.1, 0.15) is 11.3 Å². The first-order valence-corrected chi connectivity index (χ1v) is 6.31. The molecule has 4 nitrogen and oxygen atoms in total. The molecule has 0 saturated carbocycles. The summed E-state index contributed by atoms with van der Waals surface area (Å²) >= 11 is 3.59. The SMILES string of the molecule is Oc1ccc(-n2nc3c(c2Br)CNCC3)cc1. The van der Waals surface area contributed by atoms with E-state index in [1.54, 1.807) is 12.1 Å². The third-order valence-electron chi connectivity index (χ3n) is 2.94. The molecule has 2 N–H and O–H groups in total. The van der Waals surface area contributed by atoms with Gasteiger partial charge in [-0.1, -0.05) is 0 Å². The molecule has 3 rings (SSSR count). The van der Waals surface area contributed by atoms with Crippen LogP contribution in [0.3, 0.4) is 0 Å². The van der Waals surface area contributed by atoms with Crippen LogP contribution < -0.4 is 5.32 Å². The average Bonchev–Trinajstić information content (AvgIpc) is 2.69. The first-order chi connectivity index (χ1) is 8.25. The summed E-state index contributed by atoms with van der Waals surface area (Å²) in [5.41, 5.74) is 3.32. The number of hydrogen-bond donors (Lipinski definition) is 2. The van der Waals surface area contributed by atoms with Crippen LogP contribution in [0.4, 0.5) is 0 Å². The van der Waals surface area contributed by atoms with Gasteiger partial charge in [-0.3, -0.25) is 0 Å². The van der Waals surface area contributed by atoms with E-state index in [1.807, 2.05) is 16.8 Å². The summed E-state index contributed by atoms with van der Waals surface area (Å²) in [6.45, 7) is 1.83. The first kappa shape index (κ1) is 10.8. The molecule has 1 aromatic carbocycles. The minimum atomic E-state index is 0.267. The zero-order valence-corrected chi connectivity index (χ0v) is 10.7. The molecule has 1 aliphatic rings. The fourth-order valence-corrected chi connectivity index (χ4v) is 2.69. The van der Waals surface area contributed by atoms with Crippen LogP contribution in [0.2, 0.25) is 0 Å². The molecule has 1 aromatic heterocycles. The van der Waals surface area contributed by atoms with Gasteiger partial charge in [0.25, 0.3) is 0 Å². The van der Waals surface area contributed by atoms with E-state index in [9.17, 15) is 5.11 Å². The Labute approximate surface area is 107 Å². The van der Waals surface area contributed by atoms with Crippen LogP contribution in [0.15, 0.2) is 28.9 Å². The lowest BCUT2D eigenvalue weighted by Crippen LogP contribution is -2.23. The summed E-state index contributed by atoms with van der Waals surface area (Å²) in [7, 11) is 0. The maximum Gasteiger partial charge on any atom is 0.115 e. The zero-order valence-electron chi connectivity index (χ0n) is 9.15. The number of aromatic hydroxyl groups is 1. The van der Waals surface area contributed by atoms with Crippen molar-refractivity contribution in [3.63, 3.8) is 0 Å². The molecule has 0 fully saturated rings. The predicted molar refractivity (Wildman–Crippen MR) is 68.3 cm³/mol. The summed E-state index contributed by atoms with van der Waals surface area (Å²) in [5.74, 6) is 0.267. The van der Waals surface area contributed by atoms with Crippen molar-refractivity contribution < 1.29 is 5.11 Å². The van der Waals surface area contributed by atoms with Crippen LogP contribution in [0, 0.1) is 0 Å². The van der Waals surface area contributed by atoms with Crippen LogP contribution >= 0.6 is 15.9 Å². The van der Waals surface area contributed by atoms with Crippen LogP contribution in [-0.2, 0) is 13.0 Å². The monoisotopic (exact) mass is 293 g/mol. The number of benzene rings is 1. The van der Waals surface area contributed by atoms with Gasteiger partial charge in [-0.25, -0.2) is 4.68 Å². The summed E-state index contributed by atoms with van der Waals surface area (Å²) in [4.78, 5) is 0. The first-order valence-electron chi connectivity index (χ1n) is 5.52. The van der Waals surface area contributed by atoms with Gasteiger partial charge in [0.1, 0.15) is 10.4 Å². The average molecular weight is 294 g/mol. The topological polar surface area (TPSA) is 50.1 Å². The van der Waals surface area contributed by atoms with E-state index in [0.29, 0.717) is 0 Å². The Bertz CT molecular complexity index is 548. The van der Waals surface area contributed by atoms with Gasteiger partial charge in [0.15, 0.2) is 0 Å². The molecule has 88 valence electrons. The standard InChI is InChI=1S/C12H12BrN3O/c13-12-10-7-14-6-5-11(10)15-16(12)8-1-3-9(17)4-2-8/h1-4,14,17H,5-7H2. The molecule has 1 aliphatic heterocycles. The number of halogens is 1. The second-order valence-corrected chi connectivity index (χ2v) is 4.82. The second-order valence-electron chi connectivity index (χ2n) is 4.07. The summed E-state index contributed by atoms with van der Waals surface area (Å²) in [6.07, 6.45) is 0.957. The Morgan fingerprint density at radius 2 is 2.06 bits per heavy atom. The number of rotatable bonds is 1. The summed E-state index contributed by atoms with van der Waals surface area (Å²) < 4.78 is 2.86. The quantitative estimate of drug-likeness (QED) is 0.845. The van der Waals surface area contributed by atoms with Gasteiger partial charge in [0.2, 0.25) is 0 Å². The fourth-order valence-electron chi connectivity index (χ4n) is 2.03. The largest absolute Gasteiger partial charge is 0.508 e. The van der Waals surface area contributed by atoms with Crippen molar-refractivity contribution in [1.29, 1.82) is 0 Å². The van der Waals surface area contributed by atoms with Crippen molar-refractivity contribution in [2.75, 3.05) is 6.54 Å². The Balaban J connectivity index is 2.09. The third kappa shape index (κ3) is 1.85. The Morgan fingerprint density at radius 1 is 1.29 bits per heavy atom. The van der Waals surface area contributed by atoms with Gasteiger partial charge in [-0.15, -0.1) is 0 Å². The molecule has 0 amide bonds. The van der Waals surface area contributed by atoms with Gasteiger partial charge in [-0.05, 0) is 40.2 Å². The molecule has 2 heterocycles. The highest BCUT2D eigenvalue weighted by atomic mass is 79.9. The number of nitrogens with one attached hydrogen (secondary N) is 1. The maximum atomic E-state index is 9.28. The van der Waals surface area contributed by atoms with Crippen LogP contribution in [-0.4, -0.2) is 21.4 Å². The molecular formula is C12H12BrN3O. The highest BCUT2D eigenvalue weighted by Crippen LogP contribution is 2.26. The van der Waals surface area contributed by atoms with E-state index >= 15 is 0 Å². The summed E-state index contributed by atoms with van der Waals surface area (Å²) in [6, 6.07) is 7.04. The van der Waals surface area contributed by atoms with Gasteiger partial charge in [0, 0.05) is 25.1 Å². The van der Waals surface area contributed by atoms with Crippen molar-refractivity contribution in [3.8, 4) is 11.4 Å². The predicted octanol–water partition coefficient (Wildman–Crippen LogP) is 1.99. The number of hydrogen-bond acceptors (Lipinski definition) is 3. The molecule has 0 saturated heterocycles. The van der Waals surface area contributed by atoms with Gasteiger partial charge in [-0.2, -0.15) is 5.10 Å². The van der Waals surface area contributed by atoms with Gasteiger partial charge in [0.05, 0.1) is 11.4 Å². The molecule has 0 spiro atoms. The lowest BCUT2D eigenvalue weighted by atomic mass is 10.1. The Morgan fingerprint density at radius 3 is 2.76 bits per heavy atom. The lowest BCUT2D eigenvalue weighted by molar-refractivity contribution is 0.475. The van der Waals surface area contributed by atoms with E-state index in [1.165, 1.54) is 5.56 Å². The molecule has 0 radical (unpaired) electrons. The molecule has 0 unspecified atom stereocenters. The Hall–Kier alpha value is -1.33. The van der Waals surface area contributed by atoms with Crippen molar-refractivity contribution in [3.05, 3.63) is 40.1 Å². The maximum absolute atomic E-state index is 9.28. The van der Waals surface area contributed by atoms with E-state index in [-0.39, 0.29) is 5.75 Å². The Kier molecular flexibility index (Phi) is 2.64. The molecular weight excluding hydrogens is 282 g/mol. The molecule has 0 atom stereocenters. The van der Waals surface area contributed by atoms with E-state index < -0.39 is 0 Å². The van der Waals surface area contributed by atoms with E-state index in [4.69, 9.17) is 0 Å². The van der Waals surface area contributed by atoms with Crippen molar-refractivity contribution in [2.45, 2.75) is 13.0 Å². The lowest BCUT2D eigenvalue weighted by Gasteiger charge is -2.10. The fraction of sp³-hybridized carbons (Fsp3) is 0.250. The van der Waals surface area contributed by atoms with Crippen molar-refractivity contribution >= 4 is 15.9 Å². The molecule has 2 aromatic rings. The number of aromatic nitrogens is 2. The van der Waals surface area contributed by atoms with E-state index in [2.05, 4.69) is 26.3 Å². The smallest absolute Gasteiger partial charge is 0.115 e. The number of nitrogens with zero attached hydrogens (tertiary/aromatic N) is 2. The van der Waals surface area contributed by atoms with Crippen LogP contribution in [0.25, 0.3) is 5.69 Å². The molecule has 5 heteroatoms. The zero-order chi connectivity index (χ0) is 11.8. The van der Waals surface area contributed by atoms with Gasteiger partial charge >= 0.3 is 0 Å². The second kappa shape index (κ2) is 4.16. The molecule has 0 aliphatic carbocycles. The van der Waals surface area contributed by atoms with E-state index in [0.717, 1.165) is 35.5 Å². The number of phenolic OH excluding ortho intramolecular Hbond substituents is 1. The van der Waals surface area contributed by atoms with Crippen molar-refractivity contribution in [1.82, 2.24) is 15.1 Å². The van der Waals surface area contributed by atoms with Gasteiger partial charge < -0.3 is 10.4 Å². The third-order valence-corrected chi connectivity index (χ3v) is 3.75. The summed E-state index contributed by atoms with van der Waals surface area (Å²) in [5, 5.41) is 17.2. The highest BCUT2D eigenvalue weighted by molar-refractivity contribution is 9.10. The number of phenols is 1. The minimum absolute atomic E-state index is 0.267. The minimum Gasteiger partial charge on any atom is -0.508 e. The van der Waals surface area contributed by atoms with Crippen LogP contribution in [0.5, 0.6) is 5.75 Å². The molecule has 17 heavy (non-hydrogen) atoms.